The van der Waals surface area contributed by atoms with Crippen molar-refractivity contribution in [1.82, 2.24) is 34.4 Å². The molecule has 0 aromatic carbocycles. The molecular weight excluding hydrogens is 621 g/mol. The lowest BCUT2D eigenvalue weighted by atomic mass is 10.0. The molecule has 7 rings (SSSR count). The SMILES string of the molecule is NC1=Nc2c(ncn2[C@@H]2O[C@H](CO)C(F)(F)[C@H]2P(O)(=S)OC[C@@]23CO[C@@H]([C@H](n4cnc5c(N)ncnc54)O2)[C@@H]3O)C(O)N1. The number of anilines is 1. The van der Waals surface area contributed by atoms with Gasteiger partial charge in [0, 0.05) is 0 Å². The third-order valence-corrected chi connectivity index (χ3v) is 10.7. The van der Waals surface area contributed by atoms with Crippen molar-refractivity contribution in [1.29, 1.82) is 0 Å². The molecule has 9 atom stereocenters. The Bertz CT molecular complexity index is 1680. The third-order valence-electron chi connectivity index (χ3n) is 7.92. The minimum absolute atomic E-state index is 0.0416. The van der Waals surface area contributed by atoms with Gasteiger partial charge in [0.2, 0.25) is 0 Å². The number of hydrogen-bond donors (Lipinski definition) is 7. The van der Waals surface area contributed by atoms with E-state index in [4.69, 9.17) is 42.0 Å². The minimum atomic E-state index is -4.58. The Labute approximate surface area is 244 Å². The summed E-state index contributed by atoms with van der Waals surface area (Å²) in [4.78, 5) is 31.7. The van der Waals surface area contributed by atoms with Gasteiger partial charge in [-0.15, -0.1) is 0 Å². The van der Waals surface area contributed by atoms with Crippen LogP contribution in [0.15, 0.2) is 24.0 Å². The smallest absolute Gasteiger partial charge is 0.292 e. The number of rotatable bonds is 7. The van der Waals surface area contributed by atoms with Crippen molar-refractivity contribution in [2.24, 2.45) is 10.7 Å². The summed E-state index contributed by atoms with van der Waals surface area (Å²) < 4.78 is 57.0. The summed E-state index contributed by atoms with van der Waals surface area (Å²) in [5.41, 5.74) is 8.28. The first-order chi connectivity index (χ1) is 20.4. The lowest BCUT2D eigenvalue weighted by molar-refractivity contribution is -0.182. The van der Waals surface area contributed by atoms with Crippen LogP contribution < -0.4 is 16.8 Å². The monoisotopic (exact) mass is 646 g/mol. The van der Waals surface area contributed by atoms with Crippen molar-refractivity contribution in [3.8, 4) is 0 Å². The van der Waals surface area contributed by atoms with Crippen molar-refractivity contribution in [3.63, 3.8) is 0 Å². The molecule has 4 aliphatic rings. The quantitative estimate of drug-likeness (QED) is 0.138. The van der Waals surface area contributed by atoms with E-state index in [1.807, 2.05) is 0 Å². The number of alkyl halides is 2. The zero-order valence-electron chi connectivity index (χ0n) is 21.7. The van der Waals surface area contributed by atoms with Gasteiger partial charge >= 0.3 is 0 Å². The van der Waals surface area contributed by atoms with Crippen LogP contribution in [0.4, 0.5) is 20.4 Å². The Hall–Kier alpha value is -2.98. The third kappa shape index (κ3) is 4.19. The molecular formula is C21H25F2N10O8PS. The molecule has 2 unspecified atom stereocenters. The Balaban J connectivity index is 1.18. The lowest BCUT2D eigenvalue weighted by Gasteiger charge is -2.35. The fraction of sp³-hybridized carbons (Fsp3) is 0.571. The molecule has 18 nitrogen and oxygen atoms in total. The number of halogens is 2. The zero-order valence-corrected chi connectivity index (χ0v) is 23.4. The van der Waals surface area contributed by atoms with E-state index >= 15 is 8.78 Å². The van der Waals surface area contributed by atoms with Crippen LogP contribution in [0.25, 0.3) is 11.2 Å². The molecule has 0 amide bonds. The van der Waals surface area contributed by atoms with Gasteiger partial charge in [0.25, 0.3) is 5.92 Å². The van der Waals surface area contributed by atoms with Gasteiger partial charge in [-0.05, 0) is 11.8 Å². The average molecular weight is 647 g/mol. The molecule has 22 heteroatoms. The molecule has 3 saturated heterocycles. The number of ether oxygens (including phenoxy) is 3. The molecule has 9 N–H and O–H groups in total. The van der Waals surface area contributed by atoms with Gasteiger partial charge in [-0.1, -0.05) is 0 Å². The topological polar surface area (TPSA) is 256 Å². The van der Waals surface area contributed by atoms with E-state index in [1.54, 1.807) is 0 Å². The second-order valence-electron chi connectivity index (χ2n) is 10.4. The first-order valence-electron chi connectivity index (χ1n) is 12.7. The van der Waals surface area contributed by atoms with Crippen molar-refractivity contribution < 1.29 is 47.7 Å². The van der Waals surface area contributed by atoms with Crippen LogP contribution in [0.2, 0.25) is 0 Å². The highest BCUT2D eigenvalue weighted by Crippen LogP contribution is 2.64. The number of nitrogen functional groups attached to an aromatic ring is 1. The number of imidazole rings is 2. The van der Waals surface area contributed by atoms with Crippen LogP contribution in [0, 0.1) is 0 Å². The molecule has 232 valence electrons. The molecule has 0 spiro atoms. The molecule has 3 aromatic heterocycles. The number of aromatic nitrogens is 6. The highest BCUT2D eigenvalue weighted by molar-refractivity contribution is 8.09. The molecule has 0 radical (unpaired) electrons. The van der Waals surface area contributed by atoms with E-state index in [-0.39, 0.29) is 29.9 Å². The van der Waals surface area contributed by atoms with E-state index < -0.39 is 73.9 Å². The van der Waals surface area contributed by atoms with Gasteiger partial charge in [-0.3, -0.25) is 9.13 Å². The summed E-state index contributed by atoms with van der Waals surface area (Å²) in [6.07, 6.45) is -4.76. The molecule has 3 fully saturated rings. The van der Waals surface area contributed by atoms with Crippen LogP contribution in [0.5, 0.6) is 0 Å². The maximum Gasteiger partial charge on any atom is 0.292 e. The largest absolute Gasteiger partial charge is 0.393 e. The molecule has 0 aliphatic carbocycles. The molecule has 43 heavy (non-hydrogen) atoms. The first-order valence-corrected chi connectivity index (χ1v) is 15.5. The highest BCUT2D eigenvalue weighted by Gasteiger charge is 2.67. The molecule has 2 bridgehead atoms. The lowest BCUT2D eigenvalue weighted by Crippen LogP contribution is -2.46. The number of nitrogens with one attached hydrogen (secondary N) is 1. The molecule has 7 heterocycles. The Kier molecular flexibility index (Phi) is 6.53. The second kappa shape index (κ2) is 9.76. The van der Waals surface area contributed by atoms with Crippen molar-refractivity contribution >= 4 is 47.1 Å². The van der Waals surface area contributed by atoms with Crippen LogP contribution in [-0.2, 0) is 30.5 Å². The Morgan fingerprint density at radius 3 is 2.70 bits per heavy atom. The van der Waals surface area contributed by atoms with Crippen molar-refractivity contribution in [3.05, 3.63) is 24.7 Å². The van der Waals surface area contributed by atoms with Crippen molar-refractivity contribution in [2.45, 2.75) is 54.2 Å². The van der Waals surface area contributed by atoms with Crippen LogP contribution in [-0.4, -0.2) is 111 Å². The maximum absolute atomic E-state index is 15.7. The summed E-state index contributed by atoms with van der Waals surface area (Å²) in [6.45, 7) is -6.54. The zero-order chi connectivity index (χ0) is 30.5. The predicted molar refractivity (Wildman–Crippen MR) is 142 cm³/mol. The fourth-order valence-electron chi connectivity index (χ4n) is 5.77. The summed E-state index contributed by atoms with van der Waals surface area (Å²) in [5, 5.41) is 33.5. The number of nitrogens with two attached hydrogens (primary N) is 2. The predicted octanol–water partition coefficient (Wildman–Crippen LogP) is -1.92. The number of hydrogen-bond acceptors (Lipinski definition) is 16. The number of fused-ring (bicyclic) bond motifs is 4. The molecule has 4 aliphatic heterocycles. The van der Waals surface area contributed by atoms with Crippen LogP contribution in [0.3, 0.4) is 0 Å². The standard InChI is InChI=1S/C21H25F2N10O8PS/c22-21(23)7(1-34)40-18(33-6-29-9-15(33)30-19(25)31-16(9)36)12(21)42(37,43)39-3-20-2-38-10(11(20)35)17(41-20)32-5-28-8-13(24)26-4-27-14(8)32/h4-7,10-12,16-18,34-36H,1-3H2,(H,37,43)(H2,24,26,27)(H3,25,30,31)/t7-,10-,11+,12+,16?,17-,18-,20-,42?/m1/s1. The number of guanidine groups is 1. The molecule has 3 aromatic rings. The summed E-state index contributed by atoms with van der Waals surface area (Å²) in [5.74, 6) is -4.12. The van der Waals surface area contributed by atoms with Gasteiger partial charge in [0.15, 0.2) is 48.4 Å². The number of nitrogens with zero attached hydrogens (tertiary/aromatic N) is 7. The number of aliphatic hydroxyl groups excluding tert-OH is 3. The fourth-order valence-corrected chi connectivity index (χ4v) is 8.36. The van der Waals surface area contributed by atoms with E-state index in [9.17, 15) is 20.2 Å². The summed E-state index contributed by atoms with van der Waals surface area (Å²) in [7, 11) is 0. The Morgan fingerprint density at radius 1 is 1.16 bits per heavy atom. The Morgan fingerprint density at radius 2 is 1.93 bits per heavy atom. The van der Waals surface area contributed by atoms with E-state index in [1.165, 1.54) is 17.2 Å². The summed E-state index contributed by atoms with van der Waals surface area (Å²) in [6, 6.07) is 0. The second-order valence-corrected chi connectivity index (χ2v) is 13.9. The highest BCUT2D eigenvalue weighted by atomic mass is 32.5. The average Bonchev–Trinajstić information content (AvgIpc) is 3.74. The van der Waals surface area contributed by atoms with Gasteiger partial charge in [-0.2, -0.15) is 4.99 Å². The van der Waals surface area contributed by atoms with E-state index in [0.29, 0.717) is 11.2 Å². The normalized spacial score (nSPS) is 36.0. The minimum Gasteiger partial charge on any atom is -0.393 e. The first kappa shape index (κ1) is 28.8. The summed E-state index contributed by atoms with van der Waals surface area (Å²) >= 11 is 5.30. The van der Waals surface area contributed by atoms with Gasteiger partial charge in [-0.25, -0.2) is 28.7 Å². The van der Waals surface area contributed by atoms with Crippen LogP contribution in [0.1, 0.15) is 24.4 Å². The van der Waals surface area contributed by atoms with Gasteiger partial charge in [0.05, 0.1) is 32.5 Å². The van der Waals surface area contributed by atoms with Gasteiger partial charge in [0.1, 0.15) is 47.1 Å². The van der Waals surface area contributed by atoms with E-state index in [0.717, 1.165) is 10.9 Å². The number of aliphatic imine (C=N–C) groups is 1. The number of aliphatic hydroxyl groups is 3. The van der Waals surface area contributed by atoms with E-state index in [2.05, 4.69) is 30.2 Å². The van der Waals surface area contributed by atoms with Gasteiger partial charge < -0.3 is 55.7 Å². The van der Waals surface area contributed by atoms with Crippen molar-refractivity contribution in [2.75, 3.05) is 25.6 Å². The van der Waals surface area contributed by atoms with Crippen LogP contribution >= 0.6 is 6.49 Å². The maximum atomic E-state index is 15.7. The molecule has 0 saturated carbocycles.